The van der Waals surface area contributed by atoms with Crippen molar-refractivity contribution in [2.75, 3.05) is 24.0 Å². The molecule has 1 aliphatic carbocycles. The van der Waals surface area contributed by atoms with E-state index in [4.69, 9.17) is 16.6 Å². The smallest absolute Gasteiger partial charge is 0.229 e. The standard InChI is InChI=1S/C31H36ClN6P/c1-39(2)29-16-20(18-33)6-15-28(29)36-30-27(32)19-34-31(37-30)35-23-10-7-21-8-11-26(12-9-22(21)17-23)38-24-4-3-5-25(38)14-13-24/h6-7,10,15-17,19,24-26H,3-5,8-9,11-14H2,1-2H3,(H2,34,35,36,37). The van der Waals surface area contributed by atoms with E-state index in [1.165, 1.54) is 56.1 Å². The summed E-state index contributed by atoms with van der Waals surface area (Å²) in [5.41, 5.74) is 5.50. The van der Waals surface area contributed by atoms with E-state index in [2.05, 4.69) is 58.1 Å². The molecule has 0 spiro atoms. The summed E-state index contributed by atoms with van der Waals surface area (Å²) in [6.45, 7) is 4.34. The molecule has 0 amide bonds. The number of anilines is 4. The molecule has 6 nitrogen and oxygen atoms in total. The molecule has 3 atom stereocenters. The number of piperidine rings is 1. The van der Waals surface area contributed by atoms with Crippen LogP contribution in [-0.4, -0.2) is 46.3 Å². The Morgan fingerprint density at radius 3 is 2.41 bits per heavy atom. The van der Waals surface area contributed by atoms with Gasteiger partial charge in [-0.2, -0.15) is 10.2 Å². The fraction of sp³-hybridized carbons (Fsp3) is 0.452. The van der Waals surface area contributed by atoms with Crippen LogP contribution in [0.4, 0.5) is 23.1 Å². The Kier molecular flexibility index (Phi) is 7.76. The summed E-state index contributed by atoms with van der Waals surface area (Å²) in [6, 6.07) is 17.0. The number of aromatic nitrogens is 2. The molecule has 2 aliphatic heterocycles. The van der Waals surface area contributed by atoms with E-state index in [0.29, 0.717) is 22.4 Å². The van der Waals surface area contributed by atoms with Crippen molar-refractivity contribution in [2.24, 2.45) is 0 Å². The summed E-state index contributed by atoms with van der Waals surface area (Å²) >= 11 is 6.49. The molecule has 202 valence electrons. The van der Waals surface area contributed by atoms with E-state index >= 15 is 0 Å². The maximum atomic E-state index is 9.32. The number of benzene rings is 2. The third-order valence-corrected chi connectivity index (χ3v) is 10.3. The fourth-order valence-electron chi connectivity index (χ4n) is 6.87. The Morgan fingerprint density at radius 1 is 0.923 bits per heavy atom. The highest BCUT2D eigenvalue weighted by Gasteiger charge is 2.40. The van der Waals surface area contributed by atoms with Crippen LogP contribution in [0.3, 0.4) is 0 Å². The summed E-state index contributed by atoms with van der Waals surface area (Å²) in [6.07, 6.45) is 13.5. The van der Waals surface area contributed by atoms with Crippen molar-refractivity contribution < 1.29 is 0 Å². The first-order chi connectivity index (χ1) is 19.0. The molecule has 2 fully saturated rings. The zero-order chi connectivity index (χ0) is 26.9. The third kappa shape index (κ3) is 5.64. The van der Waals surface area contributed by atoms with Gasteiger partial charge in [0.1, 0.15) is 5.02 Å². The number of hydrogen-bond acceptors (Lipinski definition) is 6. The number of nitrogens with zero attached hydrogens (tertiary/aromatic N) is 4. The first-order valence-corrected chi connectivity index (χ1v) is 16.8. The van der Waals surface area contributed by atoms with Crippen molar-refractivity contribution >= 4 is 48.0 Å². The lowest BCUT2D eigenvalue weighted by atomic mass is 9.96. The Labute approximate surface area is 237 Å². The van der Waals surface area contributed by atoms with E-state index in [0.717, 1.165) is 47.6 Å². The lowest BCUT2D eigenvalue weighted by molar-refractivity contribution is 0.0782. The highest BCUT2D eigenvalue weighted by atomic mass is 35.5. The van der Waals surface area contributed by atoms with Crippen molar-refractivity contribution in [2.45, 2.75) is 75.9 Å². The van der Waals surface area contributed by atoms with E-state index in [1.807, 2.05) is 18.2 Å². The number of halogens is 1. The van der Waals surface area contributed by atoms with Crippen LogP contribution in [0.1, 0.15) is 61.6 Å². The summed E-state index contributed by atoms with van der Waals surface area (Å²) in [4.78, 5) is 12.1. The Balaban J connectivity index is 1.17. The van der Waals surface area contributed by atoms with Gasteiger partial charge in [0.15, 0.2) is 5.82 Å². The van der Waals surface area contributed by atoms with Gasteiger partial charge < -0.3 is 10.6 Å². The van der Waals surface area contributed by atoms with Crippen LogP contribution in [0, 0.1) is 11.3 Å². The van der Waals surface area contributed by atoms with E-state index < -0.39 is 7.92 Å². The quantitative estimate of drug-likeness (QED) is 0.248. The summed E-state index contributed by atoms with van der Waals surface area (Å²) in [5.74, 6) is 1.05. The van der Waals surface area contributed by atoms with Crippen LogP contribution < -0.4 is 15.9 Å². The zero-order valence-corrected chi connectivity index (χ0v) is 24.4. The van der Waals surface area contributed by atoms with E-state index in [9.17, 15) is 5.26 Å². The van der Waals surface area contributed by atoms with Crippen LogP contribution >= 0.6 is 19.5 Å². The van der Waals surface area contributed by atoms with E-state index in [1.54, 1.807) is 6.20 Å². The van der Waals surface area contributed by atoms with Crippen molar-refractivity contribution in [3.63, 3.8) is 0 Å². The molecule has 8 heteroatoms. The molecule has 0 saturated carbocycles. The third-order valence-electron chi connectivity index (χ3n) is 8.73. The second kappa shape index (κ2) is 11.4. The van der Waals surface area contributed by atoms with Crippen molar-refractivity contribution in [3.05, 3.63) is 64.3 Å². The summed E-state index contributed by atoms with van der Waals surface area (Å²) in [7, 11) is -0.427. The predicted molar refractivity (Wildman–Crippen MR) is 163 cm³/mol. The highest BCUT2D eigenvalue weighted by molar-refractivity contribution is 7.64. The van der Waals surface area contributed by atoms with Gasteiger partial charge in [-0.3, -0.25) is 4.90 Å². The van der Waals surface area contributed by atoms with Gasteiger partial charge in [0, 0.05) is 34.8 Å². The Bertz CT molecular complexity index is 1390. The van der Waals surface area contributed by atoms with Gasteiger partial charge in [-0.05, 0) is 106 Å². The van der Waals surface area contributed by atoms with Gasteiger partial charge in [-0.15, -0.1) is 0 Å². The monoisotopic (exact) mass is 558 g/mol. The Morgan fingerprint density at radius 2 is 1.67 bits per heavy atom. The first-order valence-electron chi connectivity index (χ1n) is 14.2. The maximum Gasteiger partial charge on any atom is 0.229 e. The number of rotatable bonds is 6. The molecule has 3 unspecified atom stereocenters. The topological polar surface area (TPSA) is 76.9 Å². The van der Waals surface area contributed by atoms with Crippen molar-refractivity contribution in [1.82, 2.24) is 14.9 Å². The molecule has 0 radical (unpaired) electrons. The molecule has 2 bridgehead atoms. The molecular formula is C31H36ClN6P. The average molecular weight is 559 g/mol. The molecule has 2 saturated heterocycles. The van der Waals surface area contributed by atoms with Crippen molar-refractivity contribution in [1.29, 1.82) is 5.26 Å². The van der Waals surface area contributed by atoms with Crippen LogP contribution in [0.5, 0.6) is 0 Å². The SMILES string of the molecule is CP(C)c1cc(C#N)ccc1Nc1nc(Nc2ccc3c(c2)CCC(N2C4CCCC2CC4)CC3)ncc1Cl. The van der Waals surface area contributed by atoms with Crippen LogP contribution in [-0.2, 0) is 12.8 Å². The minimum atomic E-state index is -0.427. The lowest BCUT2D eigenvalue weighted by Crippen LogP contribution is -2.46. The number of nitrogens with one attached hydrogen (secondary N) is 2. The number of aryl methyl sites for hydroxylation is 2. The molecule has 2 aromatic carbocycles. The summed E-state index contributed by atoms with van der Waals surface area (Å²) in [5, 5.41) is 17.7. The van der Waals surface area contributed by atoms with Gasteiger partial charge >= 0.3 is 0 Å². The zero-order valence-electron chi connectivity index (χ0n) is 22.8. The van der Waals surface area contributed by atoms with Crippen LogP contribution in [0.25, 0.3) is 0 Å². The minimum absolute atomic E-state index is 0.427. The average Bonchev–Trinajstić information content (AvgIpc) is 3.09. The van der Waals surface area contributed by atoms with Gasteiger partial charge in [-0.1, -0.05) is 32.0 Å². The predicted octanol–water partition coefficient (Wildman–Crippen LogP) is 7.12. The molecule has 3 aromatic rings. The normalized spacial score (nSPS) is 22.7. The largest absolute Gasteiger partial charge is 0.338 e. The minimum Gasteiger partial charge on any atom is -0.338 e. The second-order valence-corrected chi connectivity index (χ2v) is 14.0. The number of fused-ring (bicyclic) bond motifs is 3. The van der Waals surface area contributed by atoms with Gasteiger partial charge in [0.05, 0.1) is 17.8 Å². The fourth-order valence-corrected chi connectivity index (χ4v) is 8.02. The highest BCUT2D eigenvalue weighted by Crippen LogP contribution is 2.40. The van der Waals surface area contributed by atoms with Crippen molar-refractivity contribution in [3.8, 4) is 6.07 Å². The first kappa shape index (κ1) is 26.5. The number of hydrogen-bond donors (Lipinski definition) is 2. The maximum absolute atomic E-state index is 9.32. The van der Waals surface area contributed by atoms with Gasteiger partial charge in [-0.25, -0.2) is 4.98 Å². The molecule has 39 heavy (non-hydrogen) atoms. The van der Waals surface area contributed by atoms with Gasteiger partial charge in [0.25, 0.3) is 0 Å². The van der Waals surface area contributed by atoms with Crippen LogP contribution in [0.2, 0.25) is 5.02 Å². The Hall–Kier alpha value is -2.71. The molecule has 1 aromatic heterocycles. The lowest BCUT2D eigenvalue weighted by Gasteiger charge is -2.40. The molecule has 3 heterocycles. The summed E-state index contributed by atoms with van der Waals surface area (Å²) < 4.78 is 0. The second-order valence-electron chi connectivity index (χ2n) is 11.4. The molecule has 6 rings (SSSR count). The molecule has 2 N–H and O–H groups in total. The molecular weight excluding hydrogens is 523 g/mol. The van der Waals surface area contributed by atoms with Gasteiger partial charge in [0.2, 0.25) is 5.95 Å². The van der Waals surface area contributed by atoms with E-state index in [-0.39, 0.29) is 0 Å². The number of nitriles is 1. The molecule has 3 aliphatic rings. The van der Waals surface area contributed by atoms with Crippen LogP contribution in [0.15, 0.2) is 42.6 Å².